The SMILES string of the molecule is COc1ccc2nc(CCN(C)c3nc(CCN)nc4ccccc34)[nH]c2c1.Cl.Cl. The molecule has 0 spiro atoms. The first-order valence-electron chi connectivity index (χ1n) is 9.37. The molecule has 2 aromatic heterocycles. The summed E-state index contributed by atoms with van der Waals surface area (Å²) < 4.78 is 5.28. The molecule has 3 N–H and O–H groups in total. The van der Waals surface area contributed by atoms with E-state index < -0.39 is 0 Å². The van der Waals surface area contributed by atoms with Crippen molar-refractivity contribution in [2.45, 2.75) is 12.8 Å². The van der Waals surface area contributed by atoms with Crippen LogP contribution in [0.4, 0.5) is 5.82 Å². The van der Waals surface area contributed by atoms with E-state index in [1.54, 1.807) is 7.11 Å². The fourth-order valence-corrected chi connectivity index (χ4v) is 3.31. The number of hydrogen-bond donors (Lipinski definition) is 2. The van der Waals surface area contributed by atoms with E-state index in [0.29, 0.717) is 13.0 Å². The van der Waals surface area contributed by atoms with Gasteiger partial charge < -0.3 is 20.4 Å². The molecule has 2 heterocycles. The van der Waals surface area contributed by atoms with Crippen molar-refractivity contribution in [3.8, 4) is 5.75 Å². The Kier molecular flexibility index (Phi) is 8.23. The van der Waals surface area contributed by atoms with E-state index in [9.17, 15) is 0 Å². The van der Waals surface area contributed by atoms with Crippen LogP contribution in [0.15, 0.2) is 42.5 Å². The zero-order valence-electron chi connectivity index (χ0n) is 17.0. The van der Waals surface area contributed by atoms with Crippen molar-refractivity contribution >= 4 is 52.6 Å². The van der Waals surface area contributed by atoms with Gasteiger partial charge in [0.05, 0.1) is 23.7 Å². The number of methoxy groups -OCH3 is 1. The van der Waals surface area contributed by atoms with Crippen LogP contribution < -0.4 is 15.4 Å². The third-order valence-electron chi connectivity index (χ3n) is 4.78. The number of nitrogens with one attached hydrogen (secondary N) is 1. The molecule has 0 amide bonds. The first kappa shape index (κ1) is 23.7. The van der Waals surface area contributed by atoms with Crippen LogP contribution in [0.1, 0.15) is 11.6 Å². The fraction of sp³-hybridized carbons (Fsp3) is 0.286. The first-order valence-corrected chi connectivity index (χ1v) is 9.37. The maximum absolute atomic E-state index is 5.71. The van der Waals surface area contributed by atoms with Gasteiger partial charge in [0.2, 0.25) is 0 Å². The number of hydrogen-bond acceptors (Lipinski definition) is 6. The summed E-state index contributed by atoms with van der Waals surface area (Å²) in [4.78, 5) is 19.6. The Morgan fingerprint density at radius 2 is 1.80 bits per heavy atom. The Labute approximate surface area is 187 Å². The van der Waals surface area contributed by atoms with E-state index in [4.69, 9.17) is 15.5 Å². The number of aromatic amines is 1. The third-order valence-corrected chi connectivity index (χ3v) is 4.78. The average molecular weight is 449 g/mol. The van der Waals surface area contributed by atoms with Crippen molar-refractivity contribution in [1.29, 1.82) is 0 Å². The van der Waals surface area contributed by atoms with Gasteiger partial charge in [-0.1, -0.05) is 12.1 Å². The minimum absolute atomic E-state index is 0. The minimum Gasteiger partial charge on any atom is -0.497 e. The Morgan fingerprint density at radius 1 is 1.00 bits per heavy atom. The number of aromatic nitrogens is 4. The Balaban J connectivity index is 0.00000160. The van der Waals surface area contributed by atoms with Crippen LogP contribution in [0.5, 0.6) is 5.75 Å². The van der Waals surface area contributed by atoms with Crippen LogP contribution in [0.25, 0.3) is 21.9 Å². The number of rotatable bonds is 7. The number of nitrogens with zero attached hydrogens (tertiary/aromatic N) is 4. The van der Waals surface area contributed by atoms with Crippen LogP contribution in [0, 0.1) is 0 Å². The van der Waals surface area contributed by atoms with Crippen LogP contribution in [-0.2, 0) is 12.8 Å². The smallest absolute Gasteiger partial charge is 0.139 e. The number of halogens is 2. The second kappa shape index (κ2) is 10.4. The first-order chi connectivity index (χ1) is 13.7. The highest BCUT2D eigenvalue weighted by atomic mass is 35.5. The Morgan fingerprint density at radius 3 is 2.57 bits per heavy atom. The predicted molar refractivity (Wildman–Crippen MR) is 126 cm³/mol. The summed E-state index contributed by atoms with van der Waals surface area (Å²) in [5.74, 6) is 3.46. The lowest BCUT2D eigenvalue weighted by Crippen LogP contribution is -2.23. The quantitative estimate of drug-likeness (QED) is 0.449. The van der Waals surface area contributed by atoms with E-state index >= 15 is 0 Å². The summed E-state index contributed by atoms with van der Waals surface area (Å²) in [5.41, 5.74) is 8.57. The largest absolute Gasteiger partial charge is 0.497 e. The highest BCUT2D eigenvalue weighted by molar-refractivity contribution is 5.89. The number of ether oxygens (including phenoxy) is 1. The predicted octanol–water partition coefficient (Wildman–Crippen LogP) is 3.54. The summed E-state index contributed by atoms with van der Waals surface area (Å²) in [7, 11) is 3.71. The van der Waals surface area contributed by atoms with Gasteiger partial charge in [-0.3, -0.25) is 0 Å². The molecule has 2 aromatic carbocycles. The summed E-state index contributed by atoms with van der Waals surface area (Å²) in [6.45, 7) is 1.31. The zero-order valence-corrected chi connectivity index (χ0v) is 18.6. The second-order valence-corrected chi connectivity index (χ2v) is 6.76. The molecule has 4 aromatic rings. The van der Waals surface area contributed by atoms with Crippen LogP contribution in [-0.4, -0.2) is 47.2 Å². The molecule has 0 fully saturated rings. The van der Waals surface area contributed by atoms with Crippen molar-refractivity contribution in [2.75, 3.05) is 32.1 Å². The van der Waals surface area contributed by atoms with Crippen molar-refractivity contribution in [3.05, 3.63) is 54.1 Å². The molecule has 0 bridgehead atoms. The molecule has 9 heteroatoms. The molecular weight excluding hydrogens is 423 g/mol. The maximum Gasteiger partial charge on any atom is 0.139 e. The fourth-order valence-electron chi connectivity index (χ4n) is 3.31. The molecule has 0 atom stereocenters. The van der Waals surface area contributed by atoms with E-state index in [-0.39, 0.29) is 24.8 Å². The minimum atomic E-state index is 0. The molecule has 0 unspecified atom stereocenters. The van der Waals surface area contributed by atoms with Gasteiger partial charge in [-0.05, 0) is 30.8 Å². The molecular formula is C21H26Cl2N6O. The summed E-state index contributed by atoms with van der Waals surface area (Å²) in [6.07, 6.45) is 1.44. The lowest BCUT2D eigenvalue weighted by atomic mass is 10.2. The van der Waals surface area contributed by atoms with E-state index in [1.807, 2.05) is 43.4 Å². The lowest BCUT2D eigenvalue weighted by Gasteiger charge is -2.20. The van der Waals surface area contributed by atoms with Gasteiger partial charge in [-0.25, -0.2) is 15.0 Å². The standard InChI is InChI=1S/C21H24N6O.2ClH/c1-27(12-10-20-24-17-8-7-14(28-2)13-18(17)25-20)21-15-5-3-4-6-16(15)23-19(26-21)9-11-22;;/h3-8,13H,9-12,22H2,1-2H3,(H,24,25);2*1H. The van der Waals surface area contributed by atoms with Gasteiger partial charge in [0.25, 0.3) is 0 Å². The van der Waals surface area contributed by atoms with Crippen LogP contribution in [0.2, 0.25) is 0 Å². The molecule has 0 saturated carbocycles. The molecule has 4 rings (SSSR count). The number of H-pyrrole nitrogens is 1. The molecule has 7 nitrogen and oxygen atoms in total. The Hall–Kier alpha value is -2.61. The number of fused-ring (bicyclic) bond motifs is 2. The molecule has 160 valence electrons. The number of anilines is 1. The molecule has 0 aliphatic rings. The number of imidazole rings is 1. The summed E-state index contributed by atoms with van der Waals surface area (Å²) in [6, 6.07) is 13.9. The zero-order chi connectivity index (χ0) is 19.5. The number of likely N-dealkylation sites (N-methyl/N-ethyl adjacent to an activating group) is 1. The number of nitrogens with two attached hydrogens (primary N) is 1. The molecule has 0 aliphatic heterocycles. The van der Waals surface area contributed by atoms with Crippen molar-refractivity contribution in [2.24, 2.45) is 5.73 Å². The normalized spacial score (nSPS) is 10.5. The molecule has 0 aliphatic carbocycles. The monoisotopic (exact) mass is 448 g/mol. The summed E-state index contributed by atoms with van der Waals surface area (Å²) in [5, 5.41) is 1.04. The van der Waals surface area contributed by atoms with Crippen LogP contribution >= 0.6 is 24.8 Å². The van der Waals surface area contributed by atoms with E-state index in [1.165, 1.54) is 0 Å². The Bertz CT molecular complexity index is 1120. The van der Waals surface area contributed by atoms with Crippen LogP contribution in [0.3, 0.4) is 0 Å². The molecule has 30 heavy (non-hydrogen) atoms. The molecule has 0 saturated heterocycles. The maximum atomic E-state index is 5.71. The lowest BCUT2D eigenvalue weighted by molar-refractivity contribution is 0.415. The number of benzene rings is 2. The van der Waals surface area contributed by atoms with Gasteiger partial charge in [-0.2, -0.15) is 0 Å². The summed E-state index contributed by atoms with van der Waals surface area (Å²) >= 11 is 0. The van der Waals surface area contributed by atoms with Crippen molar-refractivity contribution in [1.82, 2.24) is 19.9 Å². The van der Waals surface area contributed by atoms with E-state index in [0.717, 1.165) is 58.1 Å². The second-order valence-electron chi connectivity index (χ2n) is 6.76. The van der Waals surface area contributed by atoms with Crippen molar-refractivity contribution in [3.63, 3.8) is 0 Å². The van der Waals surface area contributed by atoms with E-state index in [2.05, 4.69) is 25.9 Å². The van der Waals surface area contributed by atoms with Gasteiger partial charge in [0.1, 0.15) is 23.2 Å². The topological polar surface area (TPSA) is 92.9 Å². The van der Waals surface area contributed by atoms with Gasteiger partial charge in [0, 0.05) is 37.9 Å². The van der Waals surface area contributed by atoms with Gasteiger partial charge >= 0.3 is 0 Å². The third kappa shape index (κ3) is 4.92. The number of para-hydroxylation sites is 1. The van der Waals surface area contributed by atoms with Gasteiger partial charge in [-0.15, -0.1) is 24.8 Å². The average Bonchev–Trinajstić information content (AvgIpc) is 3.13. The van der Waals surface area contributed by atoms with Gasteiger partial charge in [0.15, 0.2) is 0 Å². The van der Waals surface area contributed by atoms with Crippen molar-refractivity contribution < 1.29 is 4.74 Å². The highest BCUT2D eigenvalue weighted by Gasteiger charge is 2.12. The highest BCUT2D eigenvalue weighted by Crippen LogP contribution is 2.24. The molecule has 0 radical (unpaired) electrons.